The van der Waals surface area contributed by atoms with E-state index in [2.05, 4.69) is 41.8 Å². The van der Waals surface area contributed by atoms with Crippen molar-refractivity contribution < 1.29 is 4.68 Å². The van der Waals surface area contributed by atoms with E-state index in [0.29, 0.717) is 0 Å². The van der Waals surface area contributed by atoms with Crippen molar-refractivity contribution in [3.8, 4) is 23.9 Å². The lowest BCUT2D eigenvalue weighted by atomic mass is 9.30. The number of aryl methyl sites for hydroxylation is 2. The highest BCUT2D eigenvalue weighted by molar-refractivity contribution is 7.05. The number of nitriles is 4. The van der Waals surface area contributed by atoms with Gasteiger partial charge in [0.25, 0.3) is 0 Å². The van der Waals surface area contributed by atoms with Gasteiger partial charge in [0, 0.05) is 6.07 Å². The van der Waals surface area contributed by atoms with E-state index in [1.165, 1.54) is 36.7 Å². The second-order valence-corrected chi connectivity index (χ2v) is 3.96. The molecule has 0 amide bonds. The van der Waals surface area contributed by atoms with Crippen molar-refractivity contribution in [1.82, 2.24) is 4.68 Å². The molecule has 0 N–H and O–H groups in total. The maximum Gasteiger partial charge on any atom is 0.383 e. The van der Waals surface area contributed by atoms with E-state index >= 15 is 0 Å². The maximum absolute atomic E-state index is 8.09. The molecule has 0 aliphatic rings. The molecule has 0 spiro atoms. The first-order valence-corrected chi connectivity index (χ1v) is 5.90. The van der Waals surface area contributed by atoms with E-state index in [4.69, 9.17) is 21.0 Å². The summed E-state index contributed by atoms with van der Waals surface area (Å²) < 4.78 is 4.32. The van der Waals surface area contributed by atoms with Crippen LogP contribution in [0, 0.1) is 44.9 Å². The average molecular weight is 254 g/mol. The van der Waals surface area contributed by atoms with Crippen molar-refractivity contribution in [2.24, 2.45) is 7.05 Å². The van der Waals surface area contributed by atoms with Crippen molar-refractivity contribution >= 4 is 6.15 Å². The third-order valence-electron chi connectivity index (χ3n) is 2.48. The molecule has 0 aliphatic carbocycles. The van der Waals surface area contributed by atoms with Gasteiger partial charge in [-0.2, -0.15) is 4.68 Å². The fourth-order valence-electron chi connectivity index (χ4n) is 1.18. The van der Waals surface area contributed by atoms with Crippen LogP contribution >= 0.6 is 0 Å². The van der Waals surface area contributed by atoms with Gasteiger partial charge in [-0.15, -0.1) is 28.6 Å². The Morgan fingerprint density at radius 3 is 1.89 bits per heavy atom. The Hall–Kier alpha value is -2.77. The molecule has 0 fully saturated rings. The number of nitrogens with zero attached hydrogens (tertiary/aromatic N) is 6. The van der Waals surface area contributed by atoms with Gasteiger partial charge in [-0.25, -0.2) is 21.0 Å². The van der Waals surface area contributed by atoms with Crippen LogP contribution in [0.15, 0.2) is 18.5 Å². The summed E-state index contributed by atoms with van der Waals surface area (Å²) in [6.45, 7) is 3.35. The van der Waals surface area contributed by atoms with E-state index in [-0.39, 0.29) is 0 Å². The lowest BCUT2D eigenvalue weighted by molar-refractivity contribution is -0.753. The summed E-state index contributed by atoms with van der Waals surface area (Å²) in [5, 5.41) is 32.3. The number of rotatable bonds is 3. The molecule has 0 saturated carbocycles. The van der Waals surface area contributed by atoms with Crippen LogP contribution in [-0.2, 0) is 13.6 Å². The summed E-state index contributed by atoms with van der Waals surface area (Å²) in [5.74, 6) is 5.38. The van der Waals surface area contributed by atoms with Gasteiger partial charge in [-0.05, 0) is 6.42 Å². The lowest BCUT2D eigenvalue weighted by Gasteiger charge is -1.98. The second-order valence-electron chi connectivity index (χ2n) is 3.96. The van der Waals surface area contributed by atoms with Crippen molar-refractivity contribution in [2.45, 2.75) is 26.3 Å². The molecule has 0 aliphatic heterocycles. The topological polar surface area (TPSA) is 104 Å². The van der Waals surface area contributed by atoms with Crippen LogP contribution < -0.4 is 4.68 Å². The first-order valence-electron chi connectivity index (χ1n) is 5.90. The quantitative estimate of drug-likeness (QED) is 0.587. The van der Waals surface area contributed by atoms with E-state index in [9.17, 15) is 0 Å². The van der Waals surface area contributed by atoms with E-state index in [0.717, 1.165) is 6.54 Å². The molecular weight excluding hydrogens is 239 g/mol. The van der Waals surface area contributed by atoms with Gasteiger partial charge in [0.2, 0.25) is 0 Å². The third kappa shape index (κ3) is 4.94. The zero-order valence-corrected chi connectivity index (χ0v) is 11.1. The third-order valence-corrected chi connectivity index (χ3v) is 2.48. The van der Waals surface area contributed by atoms with Crippen LogP contribution in [-0.4, -0.2) is 10.8 Å². The van der Waals surface area contributed by atoms with Gasteiger partial charge in [0.15, 0.2) is 13.2 Å². The first kappa shape index (κ1) is 16.2. The highest BCUT2D eigenvalue weighted by atomic mass is 15.4. The molecule has 0 saturated heterocycles. The van der Waals surface area contributed by atoms with Crippen LogP contribution in [0.5, 0.6) is 0 Å². The molecule has 1 aromatic rings. The fourth-order valence-corrected chi connectivity index (χ4v) is 1.18. The van der Waals surface area contributed by atoms with E-state index in [1.54, 1.807) is 0 Å². The van der Waals surface area contributed by atoms with Gasteiger partial charge in [0.1, 0.15) is 0 Å². The molecule has 1 rings (SSSR count). The molecule has 0 bridgehead atoms. The molecular formula is C12H15BN6. The van der Waals surface area contributed by atoms with Gasteiger partial charge in [-0.1, -0.05) is 13.3 Å². The standard InChI is InChI=1S/C8H15N2.C4BN4/c1-3-4-7-10-8-5-6-9(10)2;6-1-5(2-7,3-8)4-9/h5-6,8H,3-4,7H2,1-2H3;/q+1;-1. The van der Waals surface area contributed by atoms with Crippen LogP contribution in [0.3, 0.4) is 0 Å². The van der Waals surface area contributed by atoms with Gasteiger partial charge in [-0.3, -0.25) is 0 Å². The van der Waals surface area contributed by atoms with E-state index < -0.39 is 6.15 Å². The van der Waals surface area contributed by atoms with Gasteiger partial charge < -0.3 is 0 Å². The summed E-state index contributed by atoms with van der Waals surface area (Å²) in [6, 6.07) is 2.07. The Kier molecular flexibility index (Phi) is 7.13. The Bertz CT molecular complexity index is 501. The zero-order valence-electron chi connectivity index (χ0n) is 11.1. The molecule has 0 unspecified atom stereocenters. The van der Waals surface area contributed by atoms with Crippen LogP contribution in [0.4, 0.5) is 0 Å². The number of hydrogen-bond donors (Lipinski definition) is 0. The SMILES string of the molecule is CCCCn1ccc[n+]1C.N#C[B-](C#N)(C#N)C#N. The summed E-state index contributed by atoms with van der Waals surface area (Å²) in [5.41, 5.74) is 0. The highest BCUT2D eigenvalue weighted by Gasteiger charge is 2.22. The van der Waals surface area contributed by atoms with Crippen molar-refractivity contribution in [1.29, 1.82) is 21.0 Å². The molecule has 19 heavy (non-hydrogen) atoms. The van der Waals surface area contributed by atoms with Crippen LogP contribution in [0.1, 0.15) is 19.8 Å². The summed E-state index contributed by atoms with van der Waals surface area (Å²) in [6.07, 6.45) is 3.98. The van der Waals surface area contributed by atoms with E-state index in [1.807, 2.05) is 0 Å². The smallest absolute Gasteiger partial charge is 0.245 e. The Morgan fingerprint density at radius 1 is 1.11 bits per heavy atom. The van der Waals surface area contributed by atoms with Crippen LogP contribution in [0.2, 0.25) is 0 Å². The zero-order chi connectivity index (χ0) is 14.7. The monoisotopic (exact) mass is 254 g/mol. The largest absolute Gasteiger partial charge is 0.383 e. The van der Waals surface area contributed by atoms with Crippen molar-refractivity contribution in [2.75, 3.05) is 0 Å². The van der Waals surface area contributed by atoms with Crippen LogP contribution in [0.25, 0.3) is 0 Å². The highest BCUT2D eigenvalue weighted by Crippen LogP contribution is 1.92. The molecule has 1 heterocycles. The van der Waals surface area contributed by atoms with Crippen molar-refractivity contribution in [3.05, 3.63) is 18.5 Å². The summed E-state index contributed by atoms with van der Waals surface area (Å²) >= 11 is 0. The lowest BCUT2D eigenvalue weighted by Crippen LogP contribution is -2.37. The Balaban J connectivity index is 0.000000344. The molecule has 1 aromatic heterocycles. The normalized spacial score (nSPS) is 8.95. The predicted molar refractivity (Wildman–Crippen MR) is 68.7 cm³/mol. The minimum Gasteiger partial charge on any atom is -0.245 e. The molecule has 0 atom stereocenters. The summed E-state index contributed by atoms with van der Waals surface area (Å²) in [7, 11) is 2.07. The molecule has 6 nitrogen and oxygen atoms in total. The molecule has 96 valence electrons. The fraction of sp³-hybridized carbons (Fsp3) is 0.417. The maximum atomic E-state index is 8.09. The number of unbranched alkanes of at least 4 members (excludes halogenated alkanes) is 1. The number of hydrogen-bond acceptors (Lipinski definition) is 4. The summed E-state index contributed by atoms with van der Waals surface area (Å²) in [4.78, 5) is 0. The first-order chi connectivity index (χ1) is 9.09. The second kappa shape index (κ2) is 8.34. The van der Waals surface area contributed by atoms with Crippen molar-refractivity contribution in [3.63, 3.8) is 0 Å². The minimum absolute atomic E-state index is 1.14. The molecule has 7 heteroatoms. The predicted octanol–water partition coefficient (Wildman–Crippen LogP) is 0.799. The average Bonchev–Trinajstić information content (AvgIpc) is 2.86. The minimum atomic E-state index is -2.72. The Morgan fingerprint density at radius 2 is 1.63 bits per heavy atom. The molecule has 0 aromatic carbocycles. The molecule has 0 radical (unpaired) electrons. The van der Waals surface area contributed by atoms with Gasteiger partial charge >= 0.3 is 6.15 Å². The Labute approximate surface area is 113 Å². The van der Waals surface area contributed by atoms with Gasteiger partial charge in [0.05, 0.1) is 12.7 Å². The number of aromatic nitrogens is 2.